The summed E-state index contributed by atoms with van der Waals surface area (Å²) in [7, 11) is 0. The third kappa shape index (κ3) is 4.54. The van der Waals surface area contributed by atoms with Gasteiger partial charge < -0.3 is 10.8 Å². The first-order valence-corrected chi connectivity index (χ1v) is 11.6. The average Bonchev–Trinajstić information content (AvgIpc) is 2.71. The molecule has 0 aromatic heterocycles. The predicted octanol–water partition coefficient (Wildman–Crippen LogP) is 5.07. The maximum atomic E-state index is 9.50. The molecule has 0 aromatic carbocycles. The van der Waals surface area contributed by atoms with E-state index < -0.39 is 0 Å². The van der Waals surface area contributed by atoms with Gasteiger partial charge in [-0.3, -0.25) is 0 Å². The normalized spacial score (nSPS) is 31.6. The van der Waals surface area contributed by atoms with Crippen LogP contribution in [-0.4, -0.2) is 28.3 Å². The molecule has 1 saturated carbocycles. The van der Waals surface area contributed by atoms with Crippen molar-refractivity contribution in [3.8, 4) is 0 Å². The third-order valence-corrected chi connectivity index (χ3v) is 8.83. The standard InChI is InChI=1S/C22H37NOS/c23-21(16-24)17-25-22(18-10-4-1-5-11-18,19-12-6-2-7-13-19)20-14-8-3-9-15-20/h1,4,6,12,18-21,24H,2-3,5,7-11,13-17,23H2. The summed E-state index contributed by atoms with van der Waals surface area (Å²) in [5, 5.41) is 9.50. The van der Waals surface area contributed by atoms with E-state index in [4.69, 9.17) is 5.73 Å². The number of nitrogens with two attached hydrogens (primary N) is 1. The molecule has 3 rings (SSSR count). The monoisotopic (exact) mass is 363 g/mol. The van der Waals surface area contributed by atoms with Gasteiger partial charge in [0.1, 0.15) is 0 Å². The Bertz CT molecular complexity index is 457. The molecule has 25 heavy (non-hydrogen) atoms. The fraction of sp³-hybridized carbons (Fsp3) is 0.818. The Labute approximate surface area is 158 Å². The van der Waals surface area contributed by atoms with Gasteiger partial charge in [-0.1, -0.05) is 43.6 Å². The van der Waals surface area contributed by atoms with Gasteiger partial charge >= 0.3 is 0 Å². The summed E-state index contributed by atoms with van der Waals surface area (Å²) < 4.78 is 0.328. The van der Waals surface area contributed by atoms with Crippen LogP contribution in [0.15, 0.2) is 24.3 Å². The van der Waals surface area contributed by atoms with Gasteiger partial charge in [0.15, 0.2) is 0 Å². The molecule has 0 radical (unpaired) electrons. The summed E-state index contributed by atoms with van der Waals surface area (Å²) in [5.41, 5.74) is 6.17. The highest BCUT2D eigenvalue weighted by Gasteiger charge is 2.50. The Hall–Kier alpha value is -0.250. The number of aliphatic hydroxyl groups is 1. The second-order valence-electron chi connectivity index (χ2n) is 8.39. The maximum absolute atomic E-state index is 9.50. The van der Waals surface area contributed by atoms with Gasteiger partial charge in [-0.25, -0.2) is 0 Å². The van der Waals surface area contributed by atoms with Crippen LogP contribution in [0.1, 0.15) is 70.6 Å². The second-order valence-corrected chi connectivity index (χ2v) is 9.72. The lowest BCUT2D eigenvalue weighted by atomic mass is 9.63. The summed E-state index contributed by atoms with van der Waals surface area (Å²) in [6, 6.07) is -0.0836. The van der Waals surface area contributed by atoms with E-state index in [-0.39, 0.29) is 12.6 Å². The van der Waals surface area contributed by atoms with Crippen molar-refractivity contribution in [3.05, 3.63) is 24.3 Å². The molecule has 0 heterocycles. The van der Waals surface area contributed by atoms with E-state index in [1.807, 2.05) is 0 Å². The van der Waals surface area contributed by atoms with Crippen molar-refractivity contribution in [1.82, 2.24) is 0 Å². The van der Waals surface area contributed by atoms with E-state index in [2.05, 4.69) is 36.1 Å². The molecule has 2 nitrogen and oxygen atoms in total. The molecule has 4 unspecified atom stereocenters. The van der Waals surface area contributed by atoms with E-state index in [0.717, 1.165) is 17.6 Å². The summed E-state index contributed by atoms with van der Waals surface area (Å²) >= 11 is 2.15. The topological polar surface area (TPSA) is 46.2 Å². The van der Waals surface area contributed by atoms with Crippen LogP contribution in [0.2, 0.25) is 0 Å². The summed E-state index contributed by atoms with van der Waals surface area (Å²) in [4.78, 5) is 0. The first-order valence-electron chi connectivity index (χ1n) is 10.6. The van der Waals surface area contributed by atoms with Crippen LogP contribution >= 0.6 is 11.8 Å². The summed E-state index contributed by atoms with van der Waals surface area (Å²) in [6.07, 6.45) is 24.6. The zero-order valence-electron chi connectivity index (χ0n) is 15.7. The van der Waals surface area contributed by atoms with E-state index in [0.29, 0.717) is 10.7 Å². The Morgan fingerprint density at radius 1 is 0.960 bits per heavy atom. The zero-order valence-corrected chi connectivity index (χ0v) is 16.6. The second kappa shape index (κ2) is 9.62. The highest BCUT2D eigenvalue weighted by Crippen LogP contribution is 2.56. The zero-order chi connectivity index (χ0) is 17.5. The molecule has 0 amide bonds. The van der Waals surface area contributed by atoms with Crippen molar-refractivity contribution in [3.63, 3.8) is 0 Å². The summed E-state index contributed by atoms with van der Waals surface area (Å²) in [5.74, 6) is 3.18. The highest BCUT2D eigenvalue weighted by molar-refractivity contribution is 8.00. The maximum Gasteiger partial charge on any atom is 0.0590 e. The first kappa shape index (κ1) is 19.5. The number of allylic oxidation sites excluding steroid dienone is 4. The van der Waals surface area contributed by atoms with Crippen LogP contribution in [0.25, 0.3) is 0 Å². The van der Waals surface area contributed by atoms with E-state index >= 15 is 0 Å². The van der Waals surface area contributed by atoms with Crippen molar-refractivity contribution in [1.29, 1.82) is 0 Å². The number of aliphatic hydroxyl groups excluding tert-OH is 1. The Kier molecular flexibility index (Phi) is 7.51. The van der Waals surface area contributed by atoms with Gasteiger partial charge in [0.05, 0.1) is 6.61 Å². The van der Waals surface area contributed by atoms with Gasteiger partial charge in [0, 0.05) is 16.5 Å². The molecule has 0 bridgehead atoms. The highest BCUT2D eigenvalue weighted by atomic mass is 32.2. The van der Waals surface area contributed by atoms with Crippen LogP contribution in [0, 0.1) is 17.8 Å². The lowest BCUT2D eigenvalue weighted by Gasteiger charge is -2.53. The van der Waals surface area contributed by atoms with E-state index in [1.165, 1.54) is 70.6 Å². The Morgan fingerprint density at radius 3 is 2.44 bits per heavy atom. The molecule has 3 aliphatic rings. The minimum absolute atomic E-state index is 0.0836. The minimum Gasteiger partial charge on any atom is -0.395 e. The van der Waals surface area contributed by atoms with Gasteiger partial charge in [-0.05, 0) is 69.1 Å². The lowest BCUT2D eigenvalue weighted by Crippen LogP contribution is -2.50. The van der Waals surface area contributed by atoms with Crippen LogP contribution in [-0.2, 0) is 0 Å². The molecule has 0 aliphatic heterocycles. The van der Waals surface area contributed by atoms with Crippen LogP contribution < -0.4 is 5.73 Å². The van der Waals surface area contributed by atoms with Gasteiger partial charge in [-0.2, -0.15) is 11.8 Å². The fourth-order valence-electron chi connectivity index (χ4n) is 5.53. The molecule has 3 N–H and O–H groups in total. The van der Waals surface area contributed by atoms with Crippen molar-refractivity contribution in [2.45, 2.75) is 81.4 Å². The third-order valence-electron chi connectivity index (χ3n) is 6.77. The van der Waals surface area contributed by atoms with Crippen LogP contribution in [0.3, 0.4) is 0 Å². The smallest absolute Gasteiger partial charge is 0.0590 e. The fourth-order valence-corrected chi connectivity index (χ4v) is 7.47. The van der Waals surface area contributed by atoms with Gasteiger partial charge in [-0.15, -0.1) is 0 Å². The van der Waals surface area contributed by atoms with E-state index in [1.54, 1.807) is 0 Å². The minimum atomic E-state index is -0.0836. The molecule has 0 saturated heterocycles. The van der Waals surface area contributed by atoms with Crippen molar-refractivity contribution >= 4 is 11.8 Å². The van der Waals surface area contributed by atoms with Crippen LogP contribution in [0.5, 0.6) is 0 Å². The average molecular weight is 364 g/mol. The summed E-state index contributed by atoms with van der Waals surface area (Å²) in [6.45, 7) is 0.110. The van der Waals surface area contributed by atoms with Gasteiger partial charge in [0.2, 0.25) is 0 Å². The molecular formula is C22H37NOS. The SMILES string of the molecule is NC(CO)CSC(C1C=CCCC1)(C1CC=CCC1)C1CCCCC1. The largest absolute Gasteiger partial charge is 0.395 e. The molecule has 3 aliphatic carbocycles. The number of thioether (sulfide) groups is 1. The molecule has 1 fully saturated rings. The number of hydrogen-bond acceptors (Lipinski definition) is 3. The Balaban J connectivity index is 1.92. The van der Waals surface area contributed by atoms with Crippen LogP contribution in [0.4, 0.5) is 0 Å². The molecule has 142 valence electrons. The quantitative estimate of drug-likeness (QED) is 0.621. The lowest BCUT2D eigenvalue weighted by molar-refractivity contribution is 0.152. The number of rotatable bonds is 7. The molecule has 3 heteroatoms. The van der Waals surface area contributed by atoms with Crippen molar-refractivity contribution < 1.29 is 5.11 Å². The van der Waals surface area contributed by atoms with Crippen molar-refractivity contribution in [2.24, 2.45) is 23.5 Å². The van der Waals surface area contributed by atoms with Crippen molar-refractivity contribution in [2.75, 3.05) is 12.4 Å². The number of hydrogen-bond donors (Lipinski definition) is 2. The molecule has 4 atom stereocenters. The molecule has 0 spiro atoms. The Morgan fingerprint density at radius 2 is 1.80 bits per heavy atom. The van der Waals surface area contributed by atoms with Gasteiger partial charge in [0.25, 0.3) is 0 Å². The predicted molar refractivity (Wildman–Crippen MR) is 110 cm³/mol. The van der Waals surface area contributed by atoms with E-state index in [9.17, 15) is 5.11 Å². The first-order chi connectivity index (χ1) is 12.3. The molecule has 0 aromatic rings. The molecular weight excluding hydrogens is 326 g/mol.